The summed E-state index contributed by atoms with van der Waals surface area (Å²) in [5, 5.41) is 2.94. The van der Waals surface area contributed by atoms with Crippen LogP contribution in [0, 0.1) is 5.82 Å². The van der Waals surface area contributed by atoms with Gasteiger partial charge in [-0.25, -0.2) is 19.3 Å². The Hall–Kier alpha value is -3.43. The second-order valence-electron chi connectivity index (χ2n) is 6.26. The van der Waals surface area contributed by atoms with E-state index in [9.17, 15) is 9.18 Å². The average molecular weight is 370 g/mol. The molecule has 9 nitrogen and oxygen atoms in total. The highest BCUT2D eigenvalue weighted by Crippen LogP contribution is 2.24. The molecule has 27 heavy (non-hydrogen) atoms. The molecular formula is C17H19FN8O. The van der Waals surface area contributed by atoms with E-state index in [4.69, 9.17) is 5.73 Å². The van der Waals surface area contributed by atoms with Crippen LogP contribution in [-0.2, 0) is 0 Å². The molecule has 1 amide bonds. The number of piperazine rings is 1. The number of aromatic amines is 1. The summed E-state index contributed by atoms with van der Waals surface area (Å²) in [6.07, 6.45) is 3.44. The fourth-order valence-electron chi connectivity index (χ4n) is 3.17. The summed E-state index contributed by atoms with van der Waals surface area (Å²) in [5.41, 5.74) is 6.26. The molecule has 4 N–H and O–H groups in total. The predicted octanol–water partition coefficient (Wildman–Crippen LogP) is 0.959. The summed E-state index contributed by atoms with van der Waals surface area (Å²) in [4.78, 5) is 32.0. The number of nitrogens with two attached hydrogens (primary N) is 1. The van der Waals surface area contributed by atoms with E-state index in [-0.39, 0.29) is 5.56 Å². The molecule has 4 rings (SSSR count). The lowest BCUT2D eigenvalue weighted by molar-refractivity contribution is 0.100. The van der Waals surface area contributed by atoms with E-state index in [0.717, 1.165) is 30.8 Å². The smallest absolute Gasteiger partial charge is 0.251 e. The first-order valence-corrected chi connectivity index (χ1v) is 8.54. The Morgan fingerprint density at radius 3 is 2.56 bits per heavy atom. The molecule has 0 radical (unpaired) electrons. The number of amides is 1. The molecule has 1 aromatic carbocycles. The van der Waals surface area contributed by atoms with E-state index < -0.39 is 11.7 Å². The van der Waals surface area contributed by atoms with Crippen LogP contribution in [0.4, 0.5) is 22.0 Å². The van der Waals surface area contributed by atoms with Crippen molar-refractivity contribution in [3.63, 3.8) is 0 Å². The third-order valence-corrected chi connectivity index (χ3v) is 4.60. The Balaban J connectivity index is 1.52. The zero-order chi connectivity index (χ0) is 19.0. The van der Waals surface area contributed by atoms with E-state index in [1.54, 1.807) is 19.4 Å². The summed E-state index contributed by atoms with van der Waals surface area (Å²) in [6.45, 7) is 2.87. The Bertz CT molecular complexity index is 979. The number of primary amides is 1. The number of imidazole rings is 1. The van der Waals surface area contributed by atoms with Gasteiger partial charge in [0, 0.05) is 33.2 Å². The number of nitrogens with one attached hydrogen (secondary N) is 2. The molecule has 0 bridgehead atoms. The van der Waals surface area contributed by atoms with Gasteiger partial charge in [0.05, 0.1) is 23.5 Å². The van der Waals surface area contributed by atoms with Crippen LogP contribution < -0.4 is 20.9 Å². The number of fused-ring (bicyclic) bond motifs is 1. The molecule has 1 aliphatic heterocycles. The maximum Gasteiger partial charge on any atom is 0.251 e. The first-order chi connectivity index (χ1) is 13.0. The van der Waals surface area contributed by atoms with Gasteiger partial charge in [-0.05, 0) is 12.1 Å². The van der Waals surface area contributed by atoms with Crippen LogP contribution in [0.1, 0.15) is 10.4 Å². The molecule has 2 aromatic heterocycles. The second-order valence-corrected chi connectivity index (χ2v) is 6.26. The summed E-state index contributed by atoms with van der Waals surface area (Å²) < 4.78 is 13.7. The molecule has 3 aromatic rings. The largest absolute Gasteiger partial charge is 0.372 e. The Morgan fingerprint density at radius 2 is 1.93 bits per heavy atom. The summed E-state index contributed by atoms with van der Waals surface area (Å²) in [6, 6.07) is 2.42. The van der Waals surface area contributed by atoms with E-state index in [1.165, 1.54) is 6.07 Å². The number of anilines is 3. The Kier molecular flexibility index (Phi) is 4.22. The van der Waals surface area contributed by atoms with E-state index in [1.807, 2.05) is 0 Å². The molecule has 0 spiro atoms. The summed E-state index contributed by atoms with van der Waals surface area (Å²) in [5.74, 6) is 0.897. The van der Waals surface area contributed by atoms with Crippen molar-refractivity contribution < 1.29 is 9.18 Å². The summed E-state index contributed by atoms with van der Waals surface area (Å²) >= 11 is 0. The number of benzene rings is 1. The quantitative estimate of drug-likeness (QED) is 0.626. The van der Waals surface area contributed by atoms with Gasteiger partial charge in [0.1, 0.15) is 23.0 Å². The van der Waals surface area contributed by atoms with Crippen molar-refractivity contribution in [2.24, 2.45) is 5.73 Å². The molecule has 1 fully saturated rings. The number of nitrogens with zero attached hydrogens (tertiary/aromatic N) is 5. The van der Waals surface area contributed by atoms with Crippen LogP contribution in [-0.4, -0.2) is 59.1 Å². The van der Waals surface area contributed by atoms with Crippen molar-refractivity contribution in [1.29, 1.82) is 0 Å². The molecule has 1 aliphatic rings. The van der Waals surface area contributed by atoms with Crippen molar-refractivity contribution in [2.75, 3.05) is 48.3 Å². The number of rotatable bonds is 4. The Morgan fingerprint density at radius 1 is 1.19 bits per heavy atom. The monoisotopic (exact) mass is 370 g/mol. The van der Waals surface area contributed by atoms with Gasteiger partial charge in [-0.1, -0.05) is 0 Å². The fraction of sp³-hybridized carbons (Fsp3) is 0.294. The minimum atomic E-state index is -0.703. The lowest BCUT2D eigenvalue weighted by atomic mass is 10.1. The van der Waals surface area contributed by atoms with Gasteiger partial charge in [-0.15, -0.1) is 0 Å². The third-order valence-electron chi connectivity index (χ3n) is 4.60. The van der Waals surface area contributed by atoms with Crippen LogP contribution in [0.25, 0.3) is 11.0 Å². The van der Waals surface area contributed by atoms with E-state index in [0.29, 0.717) is 30.1 Å². The van der Waals surface area contributed by atoms with Crippen molar-refractivity contribution in [3.8, 4) is 0 Å². The van der Waals surface area contributed by atoms with Crippen LogP contribution in [0.5, 0.6) is 0 Å². The Labute approximate surface area is 154 Å². The third kappa shape index (κ3) is 3.21. The zero-order valence-electron chi connectivity index (χ0n) is 14.7. The average Bonchev–Trinajstić information content (AvgIpc) is 3.11. The van der Waals surface area contributed by atoms with Crippen LogP contribution in [0.2, 0.25) is 0 Å². The van der Waals surface area contributed by atoms with E-state index >= 15 is 0 Å². The first-order valence-electron chi connectivity index (χ1n) is 8.54. The minimum absolute atomic E-state index is 0.0750. The lowest BCUT2D eigenvalue weighted by Crippen LogP contribution is -2.47. The van der Waals surface area contributed by atoms with Gasteiger partial charge in [-0.3, -0.25) is 4.79 Å². The highest BCUT2D eigenvalue weighted by molar-refractivity contribution is 6.04. The number of H-pyrrole nitrogens is 1. The topological polar surface area (TPSA) is 116 Å². The lowest BCUT2D eigenvalue weighted by Gasteiger charge is -2.35. The highest BCUT2D eigenvalue weighted by Gasteiger charge is 2.22. The highest BCUT2D eigenvalue weighted by atomic mass is 19.1. The van der Waals surface area contributed by atoms with Crippen molar-refractivity contribution in [3.05, 3.63) is 35.9 Å². The molecule has 0 saturated carbocycles. The van der Waals surface area contributed by atoms with Gasteiger partial charge >= 0.3 is 0 Å². The van der Waals surface area contributed by atoms with Gasteiger partial charge in [0.25, 0.3) is 5.91 Å². The van der Waals surface area contributed by atoms with Gasteiger partial charge in [0.15, 0.2) is 0 Å². The maximum absolute atomic E-state index is 13.7. The molecular weight excluding hydrogens is 351 g/mol. The van der Waals surface area contributed by atoms with Crippen molar-refractivity contribution >= 4 is 34.5 Å². The number of hydrogen-bond acceptors (Lipinski definition) is 7. The fourth-order valence-corrected chi connectivity index (χ4v) is 3.17. The van der Waals surface area contributed by atoms with Gasteiger partial charge < -0.3 is 25.8 Å². The SMILES string of the molecule is CNc1cnc(N2CCN(c3nc4c(C(N)=O)cc(F)cc4[nH]3)CC2)cn1. The second kappa shape index (κ2) is 6.71. The molecule has 3 heterocycles. The summed E-state index contributed by atoms with van der Waals surface area (Å²) in [7, 11) is 1.80. The van der Waals surface area contributed by atoms with Gasteiger partial charge in [-0.2, -0.15) is 0 Å². The number of aromatic nitrogens is 4. The predicted molar refractivity (Wildman–Crippen MR) is 101 cm³/mol. The van der Waals surface area contributed by atoms with Gasteiger partial charge in [0.2, 0.25) is 5.95 Å². The zero-order valence-corrected chi connectivity index (χ0v) is 14.7. The van der Waals surface area contributed by atoms with Crippen LogP contribution in [0.3, 0.4) is 0 Å². The maximum atomic E-state index is 13.7. The van der Waals surface area contributed by atoms with E-state index in [2.05, 4.69) is 35.1 Å². The molecule has 10 heteroatoms. The molecule has 1 saturated heterocycles. The number of halogens is 1. The van der Waals surface area contributed by atoms with Crippen LogP contribution in [0.15, 0.2) is 24.5 Å². The standard InChI is InChI=1S/C17H19FN8O/c1-20-13-8-22-14(9-21-13)25-2-4-26(5-3-25)17-23-12-7-10(18)6-11(16(19)27)15(12)24-17/h6-9H,2-5H2,1H3,(H2,19,27)(H,20,21)(H,23,24). The van der Waals surface area contributed by atoms with Crippen molar-refractivity contribution in [1.82, 2.24) is 19.9 Å². The normalized spacial score (nSPS) is 14.6. The number of carbonyl (C=O) groups is 1. The van der Waals surface area contributed by atoms with Crippen molar-refractivity contribution in [2.45, 2.75) is 0 Å². The van der Waals surface area contributed by atoms with Crippen LogP contribution >= 0.6 is 0 Å². The molecule has 0 aliphatic carbocycles. The minimum Gasteiger partial charge on any atom is -0.372 e. The first kappa shape index (κ1) is 17.0. The molecule has 140 valence electrons. The number of hydrogen-bond donors (Lipinski definition) is 3. The molecule has 0 unspecified atom stereocenters. The number of carbonyl (C=O) groups excluding carboxylic acids is 1. The molecule has 0 atom stereocenters.